The minimum atomic E-state index is -0.336. The minimum absolute atomic E-state index is 0.0294. The van der Waals surface area contributed by atoms with Crippen molar-refractivity contribution in [1.29, 1.82) is 0 Å². The van der Waals surface area contributed by atoms with Gasteiger partial charge in [0.2, 0.25) is 5.91 Å². The lowest BCUT2D eigenvalue weighted by Crippen LogP contribution is -2.48. The van der Waals surface area contributed by atoms with Crippen LogP contribution in [-0.4, -0.2) is 55.8 Å². The molecule has 0 saturated carbocycles. The van der Waals surface area contributed by atoms with E-state index < -0.39 is 0 Å². The summed E-state index contributed by atoms with van der Waals surface area (Å²) < 4.78 is 10.7. The molecule has 1 aliphatic rings. The minimum Gasteiger partial charge on any atom is -0.497 e. The van der Waals surface area contributed by atoms with Crippen LogP contribution in [0.4, 0.5) is 10.5 Å². The highest BCUT2D eigenvalue weighted by Crippen LogP contribution is 2.15. The predicted octanol–water partition coefficient (Wildman–Crippen LogP) is 1.84. The van der Waals surface area contributed by atoms with Crippen LogP contribution in [0.1, 0.15) is 20.3 Å². The number of carbonyl (C=O) groups is 2. The molecule has 1 aromatic rings. The fourth-order valence-electron chi connectivity index (χ4n) is 2.67. The topological polar surface area (TPSA) is 79.9 Å². The van der Waals surface area contributed by atoms with Crippen LogP contribution in [0.5, 0.6) is 5.75 Å². The maximum Gasteiger partial charge on any atom is 0.319 e. The Hall–Kier alpha value is -2.28. The van der Waals surface area contributed by atoms with Gasteiger partial charge < -0.3 is 25.0 Å². The third-order valence-electron chi connectivity index (χ3n) is 3.74. The van der Waals surface area contributed by atoms with Gasteiger partial charge in [0, 0.05) is 31.7 Å². The fraction of sp³-hybridized carbons (Fsp3) is 0.529. The molecule has 1 heterocycles. The van der Waals surface area contributed by atoms with Crippen LogP contribution in [-0.2, 0) is 9.53 Å². The molecule has 1 fully saturated rings. The van der Waals surface area contributed by atoms with Gasteiger partial charge in [-0.25, -0.2) is 4.79 Å². The van der Waals surface area contributed by atoms with Crippen LogP contribution < -0.4 is 15.4 Å². The summed E-state index contributed by atoms with van der Waals surface area (Å²) in [6, 6.07) is 6.69. The first kappa shape index (κ1) is 18.1. The van der Waals surface area contributed by atoms with E-state index in [9.17, 15) is 9.59 Å². The van der Waals surface area contributed by atoms with E-state index in [1.807, 2.05) is 13.8 Å². The summed E-state index contributed by atoms with van der Waals surface area (Å²) in [6.45, 7) is 5.40. The lowest BCUT2D eigenvalue weighted by molar-refractivity contribution is -0.143. The quantitative estimate of drug-likeness (QED) is 0.860. The Morgan fingerprint density at radius 2 is 1.83 bits per heavy atom. The molecule has 2 atom stereocenters. The van der Waals surface area contributed by atoms with Crippen LogP contribution in [0.25, 0.3) is 0 Å². The zero-order valence-electron chi connectivity index (χ0n) is 14.4. The first-order chi connectivity index (χ1) is 11.5. The van der Waals surface area contributed by atoms with Gasteiger partial charge in [-0.05, 0) is 38.1 Å². The average Bonchev–Trinajstić information content (AvgIpc) is 2.54. The summed E-state index contributed by atoms with van der Waals surface area (Å²) in [5.41, 5.74) is 0.662. The third kappa shape index (κ3) is 5.42. The van der Waals surface area contributed by atoms with Gasteiger partial charge in [0.25, 0.3) is 0 Å². The number of rotatable bonds is 5. The van der Waals surface area contributed by atoms with Gasteiger partial charge in [-0.15, -0.1) is 0 Å². The van der Waals surface area contributed by atoms with E-state index >= 15 is 0 Å². The largest absolute Gasteiger partial charge is 0.497 e. The predicted molar refractivity (Wildman–Crippen MR) is 91.2 cm³/mol. The van der Waals surface area contributed by atoms with E-state index in [0.29, 0.717) is 25.3 Å². The van der Waals surface area contributed by atoms with Crippen molar-refractivity contribution in [2.24, 2.45) is 0 Å². The number of amides is 3. The van der Waals surface area contributed by atoms with Gasteiger partial charge in [0.1, 0.15) is 5.75 Å². The SMILES string of the molecule is COc1ccc(NC(=O)NCCC(=O)N2C[C@H](C)O[C@@H](C)C2)cc1. The monoisotopic (exact) mass is 335 g/mol. The molecule has 2 N–H and O–H groups in total. The van der Waals surface area contributed by atoms with Gasteiger partial charge in [-0.1, -0.05) is 0 Å². The number of carbonyl (C=O) groups excluding carboxylic acids is 2. The number of morpholine rings is 1. The molecule has 7 heteroatoms. The number of anilines is 1. The number of methoxy groups -OCH3 is 1. The lowest BCUT2D eigenvalue weighted by atomic mass is 10.2. The number of hydrogen-bond acceptors (Lipinski definition) is 4. The van der Waals surface area contributed by atoms with Crippen molar-refractivity contribution in [3.63, 3.8) is 0 Å². The molecule has 1 aliphatic heterocycles. The molecular weight excluding hydrogens is 310 g/mol. The highest BCUT2D eigenvalue weighted by Gasteiger charge is 2.25. The summed E-state index contributed by atoms with van der Waals surface area (Å²) >= 11 is 0. The van der Waals surface area contributed by atoms with Crippen LogP contribution in [0.2, 0.25) is 0 Å². The van der Waals surface area contributed by atoms with E-state index in [-0.39, 0.29) is 30.6 Å². The van der Waals surface area contributed by atoms with Crippen molar-refractivity contribution in [3.8, 4) is 5.75 Å². The third-order valence-corrected chi connectivity index (χ3v) is 3.74. The summed E-state index contributed by atoms with van der Waals surface area (Å²) in [4.78, 5) is 25.8. The van der Waals surface area contributed by atoms with Gasteiger partial charge in [0.15, 0.2) is 0 Å². The van der Waals surface area contributed by atoms with Crippen LogP contribution in [0, 0.1) is 0 Å². The van der Waals surface area contributed by atoms with Gasteiger partial charge in [0.05, 0.1) is 19.3 Å². The van der Waals surface area contributed by atoms with Crippen molar-refractivity contribution >= 4 is 17.6 Å². The molecular formula is C17H25N3O4. The number of benzene rings is 1. The molecule has 24 heavy (non-hydrogen) atoms. The maximum absolute atomic E-state index is 12.2. The summed E-state index contributed by atoms with van der Waals surface area (Å²) in [5, 5.41) is 5.40. The van der Waals surface area contributed by atoms with Gasteiger partial charge in [-0.3, -0.25) is 4.79 Å². The molecule has 0 spiro atoms. The number of nitrogens with one attached hydrogen (secondary N) is 2. The molecule has 1 aromatic carbocycles. The first-order valence-corrected chi connectivity index (χ1v) is 8.10. The molecule has 0 aromatic heterocycles. The average molecular weight is 335 g/mol. The second kappa shape index (κ2) is 8.54. The van der Waals surface area contributed by atoms with E-state index in [0.717, 1.165) is 5.75 Å². The molecule has 3 amide bonds. The maximum atomic E-state index is 12.2. The Morgan fingerprint density at radius 3 is 2.42 bits per heavy atom. The standard InChI is InChI=1S/C17H25N3O4/c1-12-10-20(11-13(2)24-12)16(21)8-9-18-17(22)19-14-4-6-15(23-3)7-5-14/h4-7,12-13H,8-11H2,1-3H3,(H2,18,19,22)/t12-,13-/m0/s1. The number of nitrogens with zero attached hydrogens (tertiary/aromatic N) is 1. The van der Waals surface area contributed by atoms with E-state index in [4.69, 9.17) is 9.47 Å². The van der Waals surface area contributed by atoms with Crippen LogP contribution in [0.3, 0.4) is 0 Å². The Labute approximate surface area is 142 Å². The van der Waals surface area contributed by atoms with Crippen molar-refractivity contribution in [2.75, 3.05) is 32.1 Å². The Balaban J connectivity index is 1.70. The first-order valence-electron chi connectivity index (χ1n) is 8.10. The Morgan fingerprint density at radius 1 is 1.21 bits per heavy atom. The highest BCUT2D eigenvalue weighted by molar-refractivity contribution is 5.89. The molecule has 0 aliphatic carbocycles. The van der Waals surface area contributed by atoms with E-state index in [1.54, 1.807) is 36.3 Å². The number of urea groups is 1. The zero-order chi connectivity index (χ0) is 17.5. The molecule has 1 saturated heterocycles. The molecule has 7 nitrogen and oxygen atoms in total. The van der Waals surface area contributed by atoms with Crippen molar-refractivity contribution in [3.05, 3.63) is 24.3 Å². The summed E-state index contributed by atoms with van der Waals surface area (Å²) in [6.07, 6.45) is 0.364. The zero-order valence-corrected chi connectivity index (χ0v) is 14.4. The molecule has 0 bridgehead atoms. The van der Waals surface area contributed by atoms with Crippen LogP contribution >= 0.6 is 0 Å². The molecule has 132 valence electrons. The number of ether oxygens (including phenoxy) is 2. The summed E-state index contributed by atoms with van der Waals surface area (Å²) in [5.74, 6) is 0.752. The molecule has 0 unspecified atom stereocenters. The molecule has 0 radical (unpaired) electrons. The second-order valence-corrected chi connectivity index (χ2v) is 5.92. The fourth-order valence-corrected chi connectivity index (χ4v) is 2.67. The smallest absolute Gasteiger partial charge is 0.319 e. The Kier molecular flexibility index (Phi) is 6.43. The van der Waals surface area contributed by atoms with Gasteiger partial charge in [-0.2, -0.15) is 0 Å². The number of hydrogen-bond donors (Lipinski definition) is 2. The van der Waals surface area contributed by atoms with Gasteiger partial charge >= 0.3 is 6.03 Å². The molecule has 2 rings (SSSR count). The summed E-state index contributed by atoms with van der Waals surface area (Å²) in [7, 11) is 1.59. The van der Waals surface area contributed by atoms with Crippen molar-refractivity contribution in [1.82, 2.24) is 10.2 Å². The Bertz CT molecular complexity index is 551. The van der Waals surface area contributed by atoms with E-state index in [2.05, 4.69) is 10.6 Å². The highest BCUT2D eigenvalue weighted by atomic mass is 16.5. The normalized spacial score (nSPS) is 20.4. The van der Waals surface area contributed by atoms with E-state index in [1.165, 1.54) is 0 Å². The second-order valence-electron chi connectivity index (χ2n) is 5.92. The van der Waals surface area contributed by atoms with Crippen molar-refractivity contribution in [2.45, 2.75) is 32.5 Å². The lowest BCUT2D eigenvalue weighted by Gasteiger charge is -2.35. The van der Waals surface area contributed by atoms with Crippen LogP contribution in [0.15, 0.2) is 24.3 Å². The van der Waals surface area contributed by atoms with Crippen molar-refractivity contribution < 1.29 is 19.1 Å².